The van der Waals surface area contributed by atoms with Crippen LogP contribution in [0.25, 0.3) is 0 Å². The van der Waals surface area contributed by atoms with Crippen molar-refractivity contribution in [3.8, 4) is 0 Å². The van der Waals surface area contributed by atoms with Crippen molar-refractivity contribution in [2.45, 2.75) is 91.0 Å². The van der Waals surface area contributed by atoms with Crippen LogP contribution in [0.4, 0.5) is 0 Å². The minimum absolute atomic E-state index is 0. The van der Waals surface area contributed by atoms with Gasteiger partial charge in [0.2, 0.25) is 0 Å². The molecule has 3 saturated carbocycles. The SMILES string of the molecule is C/C(=N\OC(=O)[C@@H]1CCC[N+]1(C)C)[C@H]1CC[C@H]2[C@@H]3CCC4=CC(=O)CC[C@]4(C)[C@H]3CC[C@]12C.[I-]. The van der Waals surface area contributed by atoms with Gasteiger partial charge in [-0.25, -0.2) is 4.79 Å². The number of fused-ring (bicyclic) bond motifs is 5. The first-order valence-corrected chi connectivity index (χ1v) is 13.4. The van der Waals surface area contributed by atoms with E-state index in [1.54, 1.807) is 0 Å². The summed E-state index contributed by atoms with van der Waals surface area (Å²) >= 11 is 0. The summed E-state index contributed by atoms with van der Waals surface area (Å²) < 4.78 is 0.709. The van der Waals surface area contributed by atoms with Crippen LogP contribution >= 0.6 is 0 Å². The largest absolute Gasteiger partial charge is 1.00 e. The summed E-state index contributed by atoms with van der Waals surface area (Å²) in [7, 11) is 4.23. The molecule has 190 valence electrons. The van der Waals surface area contributed by atoms with Crippen LogP contribution in [-0.4, -0.2) is 48.6 Å². The highest BCUT2D eigenvalue weighted by molar-refractivity contribution is 5.91. The monoisotopic (exact) mass is 582 g/mol. The van der Waals surface area contributed by atoms with Crippen LogP contribution in [0.15, 0.2) is 16.8 Å². The van der Waals surface area contributed by atoms with E-state index in [-0.39, 0.29) is 46.8 Å². The number of halogens is 1. The lowest BCUT2D eigenvalue weighted by molar-refractivity contribution is -0.893. The standard InChI is InChI=1S/C28H43N2O3.HI/c1-18(29-33-26(32)25-7-6-16-30(25,4)5)22-10-11-23-21-9-8-19-17-20(31)12-14-27(19,2)24(21)13-15-28(22,23)3;/h17,21-25H,6-16H2,1-5H3;1H/q+1;/p-1/b29-18+;/t21-,22+,23-,24-,25-,27-,28+;/m0./s1. The summed E-state index contributed by atoms with van der Waals surface area (Å²) in [4.78, 5) is 30.4. The molecule has 1 aliphatic heterocycles. The van der Waals surface area contributed by atoms with Crippen LogP contribution in [-0.2, 0) is 14.4 Å². The Balaban J connectivity index is 0.00000274. The lowest BCUT2D eigenvalue weighted by atomic mass is 9.46. The molecule has 6 heteroatoms. The number of hydrogen-bond donors (Lipinski definition) is 0. The molecule has 5 rings (SSSR count). The van der Waals surface area contributed by atoms with E-state index >= 15 is 0 Å². The number of carbonyl (C=O) groups is 2. The van der Waals surface area contributed by atoms with E-state index < -0.39 is 0 Å². The third-order valence-electron chi connectivity index (χ3n) is 11.1. The Morgan fingerprint density at radius 2 is 1.82 bits per heavy atom. The number of rotatable bonds is 3. The Hall–Kier alpha value is -0.760. The molecule has 4 aliphatic carbocycles. The predicted octanol–water partition coefficient (Wildman–Crippen LogP) is 2.30. The van der Waals surface area contributed by atoms with E-state index in [9.17, 15) is 9.59 Å². The zero-order valence-corrected chi connectivity index (χ0v) is 23.9. The summed E-state index contributed by atoms with van der Waals surface area (Å²) in [5.74, 6) is 2.75. The molecule has 5 aliphatic rings. The normalized spacial score (nSPS) is 43.2. The molecule has 0 aromatic rings. The van der Waals surface area contributed by atoms with Gasteiger partial charge in [0.15, 0.2) is 11.8 Å². The fourth-order valence-corrected chi connectivity index (χ4v) is 9.09. The molecule has 0 radical (unpaired) electrons. The molecular weight excluding hydrogens is 539 g/mol. The number of likely N-dealkylation sites (N-methyl/N-ethyl adjacent to an activating group) is 1. The number of oxime groups is 1. The van der Waals surface area contributed by atoms with Crippen molar-refractivity contribution in [1.82, 2.24) is 0 Å². The third kappa shape index (κ3) is 4.12. The third-order valence-corrected chi connectivity index (χ3v) is 11.1. The molecule has 7 atom stereocenters. The molecule has 5 nitrogen and oxygen atoms in total. The molecule has 0 N–H and O–H groups in total. The predicted molar refractivity (Wildman–Crippen MR) is 129 cm³/mol. The summed E-state index contributed by atoms with van der Waals surface area (Å²) in [6, 6.07) is -0.0866. The van der Waals surface area contributed by atoms with Gasteiger partial charge < -0.3 is 33.3 Å². The zero-order chi connectivity index (χ0) is 23.6. The number of allylic oxidation sites excluding steroid dienone is 1. The second-order valence-corrected chi connectivity index (χ2v) is 12.9. The van der Waals surface area contributed by atoms with Crippen LogP contribution in [0.5, 0.6) is 0 Å². The van der Waals surface area contributed by atoms with Crippen molar-refractivity contribution in [3.63, 3.8) is 0 Å². The highest BCUT2D eigenvalue weighted by atomic mass is 127. The van der Waals surface area contributed by atoms with Gasteiger partial charge in [-0.05, 0) is 86.5 Å². The second-order valence-electron chi connectivity index (χ2n) is 12.9. The number of likely N-dealkylation sites (tertiary alicyclic amines) is 1. The van der Waals surface area contributed by atoms with Gasteiger partial charge in [0.25, 0.3) is 0 Å². The molecule has 0 aromatic carbocycles. The molecule has 0 aromatic heterocycles. The highest BCUT2D eigenvalue weighted by Crippen LogP contribution is 2.66. The van der Waals surface area contributed by atoms with Crippen molar-refractivity contribution >= 4 is 17.5 Å². The van der Waals surface area contributed by atoms with Gasteiger partial charge in [-0.2, -0.15) is 0 Å². The molecule has 34 heavy (non-hydrogen) atoms. The summed E-state index contributed by atoms with van der Waals surface area (Å²) in [6.07, 6.45) is 12.9. The van der Waals surface area contributed by atoms with Gasteiger partial charge in [-0.1, -0.05) is 24.6 Å². The first-order valence-electron chi connectivity index (χ1n) is 13.4. The van der Waals surface area contributed by atoms with Crippen LogP contribution in [0.2, 0.25) is 0 Å². The Kier molecular flexibility index (Phi) is 7.18. The van der Waals surface area contributed by atoms with E-state index in [0.717, 1.165) is 56.7 Å². The quantitative estimate of drug-likeness (QED) is 0.169. The topological polar surface area (TPSA) is 55.7 Å². The van der Waals surface area contributed by atoms with Crippen LogP contribution in [0, 0.1) is 34.5 Å². The van der Waals surface area contributed by atoms with Crippen LogP contribution in [0.1, 0.15) is 85.0 Å². The van der Waals surface area contributed by atoms with E-state index in [1.807, 2.05) is 6.08 Å². The molecule has 0 amide bonds. The molecule has 0 unspecified atom stereocenters. The van der Waals surface area contributed by atoms with Crippen molar-refractivity contribution in [3.05, 3.63) is 11.6 Å². The van der Waals surface area contributed by atoms with Crippen molar-refractivity contribution < 1.29 is 42.9 Å². The minimum Gasteiger partial charge on any atom is -1.00 e. The number of quaternary nitrogens is 1. The van der Waals surface area contributed by atoms with Crippen LogP contribution in [0.3, 0.4) is 0 Å². The van der Waals surface area contributed by atoms with Gasteiger partial charge in [-0.15, -0.1) is 0 Å². The number of nitrogens with zero attached hydrogens (tertiary/aromatic N) is 2. The fourth-order valence-electron chi connectivity index (χ4n) is 9.09. The average molecular weight is 583 g/mol. The van der Waals surface area contributed by atoms with Crippen molar-refractivity contribution in [2.24, 2.45) is 39.7 Å². The highest BCUT2D eigenvalue weighted by Gasteiger charge is 2.59. The van der Waals surface area contributed by atoms with Crippen LogP contribution < -0.4 is 24.0 Å². The van der Waals surface area contributed by atoms with E-state index in [1.165, 1.54) is 31.3 Å². The minimum atomic E-state index is -0.161. The zero-order valence-electron chi connectivity index (χ0n) is 21.7. The molecule has 0 spiro atoms. The number of hydrogen-bond acceptors (Lipinski definition) is 4. The molecule has 1 saturated heterocycles. The summed E-state index contributed by atoms with van der Waals surface area (Å²) in [5, 5.41) is 4.45. The van der Waals surface area contributed by atoms with Gasteiger partial charge in [0.1, 0.15) is 0 Å². The van der Waals surface area contributed by atoms with Gasteiger partial charge in [0, 0.05) is 25.2 Å². The van der Waals surface area contributed by atoms with Gasteiger partial charge >= 0.3 is 5.97 Å². The summed E-state index contributed by atoms with van der Waals surface area (Å²) in [5.41, 5.74) is 2.92. The number of carbonyl (C=O) groups excluding carboxylic acids is 2. The lowest BCUT2D eigenvalue weighted by Gasteiger charge is -2.58. The van der Waals surface area contributed by atoms with E-state index in [4.69, 9.17) is 4.84 Å². The first kappa shape index (κ1) is 26.3. The summed E-state index contributed by atoms with van der Waals surface area (Å²) in [6.45, 7) is 8.05. The van der Waals surface area contributed by atoms with Gasteiger partial charge in [0.05, 0.1) is 26.4 Å². The Labute approximate surface area is 222 Å². The Bertz CT molecular complexity index is 911. The molecule has 4 fully saturated rings. The second kappa shape index (κ2) is 9.28. The maximum atomic E-state index is 12.7. The first-order chi connectivity index (χ1) is 15.6. The molecular formula is C28H43IN2O3. The van der Waals surface area contributed by atoms with Gasteiger partial charge in [-0.3, -0.25) is 4.79 Å². The van der Waals surface area contributed by atoms with Crippen molar-refractivity contribution in [1.29, 1.82) is 0 Å². The fraction of sp³-hybridized carbons (Fsp3) is 0.821. The maximum absolute atomic E-state index is 12.7. The average Bonchev–Trinajstić information content (AvgIpc) is 3.30. The Morgan fingerprint density at radius 1 is 1.06 bits per heavy atom. The molecule has 1 heterocycles. The van der Waals surface area contributed by atoms with E-state index in [2.05, 4.69) is 40.0 Å². The Morgan fingerprint density at radius 3 is 2.53 bits per heavy atom. The lowest BCUT2D eigenvalue weighted by Crippen LogP contribution is -3.00. The van der Waals surface area contributed by atoms with Crippen molar-refractivity contribution in [2.75, 3.05) is 20.6 Å². The maximum Gasteiger partial charge on any atom is 0.391 e. The van der Waals surface area contributed by atoms with E-state index in [0.29, 0.717) is 28.0 Å². The smallest absolute Gasteiger partial charge is 0.391 e. The number of ketones is 1. The molecule has 0 bridgehead atoms.